The molecule has 0 aliphatic carbocycles. The molecule has 6 heteroatoms. The van der Waals surface area contributed by atoms with Crippen LogP contribution in [0.4, 0.5) is 0 Å². The summed E-state index contributed by atoms with van der Waals surface area (Å²) in [6, 6.07) is 3.87. The van der Waals surface area contributed by atoms with E-state index in [1.807, 2.05) is 33.7 Å². The van der Waals surface area contributed by atoms with Crippen molar-refractivity contribution in [2.45, 2.75) is 63.0 Å². The Balaban J connectivity index is 1.60. The molecule has 0 aromatic carbocycles. The van der Waals surface area contributed by atoms with E-state index < -0.39 is 0 Å². The van der Waals surface area contributed by atoms with Crippen LogP contribution in [-0.4, -0.2) is 34.8 Å². The van der Waals surface area contributed by atoms with Gasteiger partial charge in [-0.1, -0.05) is 28.0 Å². The molecule has 134 valence electrons. The smallest absolute Gasteiger partial charge is 0.305 e. The third-order valence-electron chi connectivity index (χ3n) is 4.26. The maximum absolute atomic E-state index is 12.2. The number of ketones is 1. The minimum absolute atomic E-state index is 0.160. The second-order valence-corrected chi connectivity index (χ2v) is 8.97. The quantitative estimate of drug-likeness (QED) is 0.263. The highest BCUT2D eigenvalue weighted by atomic mass is 33.1. The van der Waals surface area contributed by atoms with Gasteiger partial charge in [-0.25, -0.2) is 0 Å². The van der Waals surface area contributed by atoms with Gasteiger partial charge in [-0.2, -0.15) is 0 Å². The first kappa shape index (κ1) is 19.4. The number of nitrogens with one attached hydrogen (secondary N) is 1. The number of aromatic nitrogens is 1. The second kappa shape index (κ2) is 10.9. The van der Waals surface area contributed by atoms with Crippen LogP contribution in [0.3, 0.4) is 0 Å². The summed E-state index contributed by atoms with van der Waals surface area (Å²) in [5, 5.41) is 0.798. The first-order chi connectivity index (χ1) is 11.7. The van der Waals surface area contributed by atoms with E-state index in [0.29, 0.717) is 12.8 Å². The minimum atomic E-state index is -0.160. The monoisotopic (exact) mass is 369 g/mol. The van der Waals surface area contributed by atoms with Crippen LogP contribution in [0.15, 0.2) is 12.1 Å². The summed E-state index contributed by atoms with van der Waals surface area (Å²) in [5.74, 6) is 1.33. The van der Waals surface area contributed by atoms with Crippen LogP contribution in [0.2, 0.25) is 0 Å². The van der Waals surface area contributed by atoms with Crippen LogP contribution >= 0.6 is 21.6 Å². The fourth-order valence-corrected chi connectivity index (χ4v) is 5.82. The Morgan fingerprint density at radius 3 is 2.79 bits per heavy atom. The summed E-state index contributed by atoms with van der Waals surface area (Å²) >= 11 is 0. The van der Waals surface area contributed by atoms with Crippen molar-refractivity contribution in [3.8, 4) is 0 Å². The van der Waals surface area contributed by atoms with E-state index in [1.54, 1.807) is 0 Å². The number of unbranched alkanes of at least 4 members (excludes halogenated alkanes) is 2. The van der Waals surface area contributed by atoms with E-state index in [0.717, 1.165) is 48.7 Å². The van der Waals surface area contributed by atoms with Gasteiger partial charge < -0.3 is 9.72 Å². The Morgan fingerprint density at radius 1 is 1.21 bits per heavy atom. The van der Waals surface area contributed by atoms with E-state index in [9.17, 15) is 9.59 Å². The number of rotatable bonds is 11. The van der Waals surface area contributed by atoms with Crippen LogP contribution in [0.5, 0.6) is 0 Å². The molecule has 0 spiro atoms. The lowest BCUT2D eigenvalue weighted by atomic mass is 10.1. The number of esters is 1. The average Bonchev–Trinajstić information content (AvgIpc) is 3.26. The predicted molar refractivity (Wildman–Crippen MR) is 102 cm³/mol. The molecule has 1 fully saturated rings. The number of aromatic amines is 1. The van der Waals surface area contributed by atoms with Gasteiger partial charge in [0.2, 0.25) is 0 Å². The first-order valence-electron chi connectivity index (χ1n) is 8.75. The molecule has 1 aromatic heterocycles. The molecule has 1 aliphatic rings. The van der Waals surface area contributed by atoms with Crippen molar-refractivity contribution >= 4 is 33.3 Å². The van der Waals surface area contributed by atoms with Gasteiger partial charge in [0.15, 0.2) is 5.78 Å². The number of carbonyl (C=O) groups excluding carboxylic acids is 2. The van der Waals surface area contributed by atoms with Crippen molar-refractivity contribution in [1.82, 2.24) is 4.98 Å². The summed E-state index contributed by atoms with van der Waals surface area (Å²) in [5.41, 5.74) is 1.80. The van der Waals surface area contributed by atoms with Gasteiger partial charge in [0.1, 0.15) is 0 Å². The highest BCUT2D eigenvalue weighted by molar-refractivity contribution is 8.77. The van der Waals surface area contributed by atoms with E-state index in [4.69, 9.17) is 0 Å². The number of carbonyl (C=O) groups is 2. The van der Waals surface area contributed by atoms with Crippen molar-refractivity contribution in [2.75, 3.05) is 12.9 Å². The maximum atomic E-state index is 12.2. The molecule has 4 nitrogen and oxygen atoms in total. The molecule has 1 saturated heterocycles. The van der Waals surface area contributed by atoms with Crippen LogP contribution in [0.25, 0.3) is 0 Å². The number of methoxy groups -OCH3 is 1. The van der Waals surface area contributed by atoms with Crippen LogP contribution in [0.1, 0.15) is 67.5 Å². The summed E-state index contributed by atoms with van der Waals surface area (Å²) in [4.78, 5) is 26.5. The van der Waals surface area contributed by atoms with Gasteiger partial charge in [0.25, 0.3) is 0 Å². The topological polar surface area (TPSA) is 59.2 Å². The lowest BCUT2D eigenvalue weighted by Gasteiger charge is -2.06. The lowest BCUT2D eigenvalue weighted by Crippen LogP contribution is -2.02. The van der Waals surface area contributed by atoms with Crippen molar-refractivity contribution in [3.05, 3.63) is 23.5 Å². The van der Waals surface area contributed by atoms with Crippen molar-refractivity contribution in [1.29, 1.82) is 0 Å². The van der Waals surface area contributed by atoms with E-state index in [-0.39, 0.29) is 11.8 Å². The summed E-state index contributed by atoms with van der Waals surface area (Å²) in [7, 11) is 5.40. The molecular weight excluding hydrogens is 342 g/mol. The van der Waals surface area contributed by atoms with Gasteiger partial charge in [-0.15, -0.1) is 0 Å². The number of H-pyrrole nitrogens is 1. The molecule has 1 N–H and O–H groups in total. The summed E-state index contributed by atoms with van der Waals surface area (Å²) in [6.45, 7) is 0. The maximum Gasteiger partial charge on any atom is 0.305 e. The molecular formula is C18H27NO3S2. The SMILES string of the molecule is COC(=O)CCCCc1ccc(C(=O)CCCCC2CCSS2)[nH]1. The van der Waals surface area contributed by atoms with Crippen molar-refractivity contribution in [3.63, 3.8) is 0 Å². The Hall–Kier alpha value is -0.880. The molecule has 1 aromatic rings. The van der Waals surface area contributed by atoms with Crippen molar-refractivity contribution < 1.29 is 14.3 Å². The molecule has 1 aliphatic heterocycles. The second-order valence-electron chi connectivity index (χ2n) is 6.18. The van der Waals surface area contributed by atoms with Gasteiger partial charge >= 0.3 is 5.97 Å². The fourth-order valence-electron chi connectivity index (χ4n) is 2.79. The van der Waals surface area contributed by atoms with Gasteiger partial charge in [-0.3, -0.25) is 9.59 Å². The molecule has 0 bridgehead atoms. The molecule has 0 radical (unpaired) electrons. The minimum Gasteiger partial charge on any atom is -0.469 e. The highest BCUT2D eigenvalue weighted by Gasteiger charge is 2.16. The molecule has 2 rings (SSSR count). The van der Waals surface area contributed by atoms with Gasteiger partial charge in [0, 0.05) is 29.5 Å². The number of hydrogen-bond acceptors (Lipinski definition) is 5. The Morgan fingerprint density at radius 2 is 2.04 bits per heavy atom. The summed E-state index contributed by atoms with van der Waals surface area (Å²) < 4.78 is 4.62. The number of hydrogen-bond donors (Lipinski definition) is 1. The largest absolute Gasteiger partial charge is 0.469 e. The normalized spacial score (nSPS) is 17.1. The Labute approximate surface area is 152 Å². The zero-order valence-electron chi connectivity index (χ0n) is 14.3. The Kier molecular flexibility index (Phi) is 8.81. The van der Waals surface area contributed by atoms with E-state index in [2.05, 4.69) is 9.72 Å². The van der Waals surface area contributed by atoms with Gasteiger partial charge in [-0.05, 0) is 50.7 Å². The average molecular weight is 370 g/mol. The molecule has 0 saturated carbocycles. The van der Waals surface area contributed by atoms with E-state index in [1.165, 1.54) is 25.7 Å². The Bertz CT molecular complexity index is 524. The first-order valence-corrected chi connectivity index (χ1v) is 11.1. The zero-order valence-corrected chi connectivity index (χ0v) is 16.0. The summed E-state index contributed by atoms with van der Waals surface area (Å²) in [6.07, 6.45) is 8.36. The zero-order chi connectivity index (χ0) is 17.2. The lowest BCUT2D eigenvalue weighted by molar-refractivity contribution is -0.140. The van der Waals surface area contributed by atoms with E-state index >= 15 is 0 Å². The predicted octanol–water partition coefficient (Wildman–Crippen LogP) is 4.80. The molecule has 0 amide bonds. The molecule has 2 heterocycles. The van der Waals surface area contributed by atoms with Crippen LogP contribution in [0, 0.1) is 0 Å². The third-order valence-corrected chi connectivity index (χ3v) is 7.27. The number of aryl methyl sites for hydroxylation is 1. The molecule has 24 heavy (non-hydrogen) atoms. The van der Waals surface area contributed by atoms with Crippen molar-refractivity contribution in [2.24, 2.45) is 0 Å². The third kappa shape index (κ3) is 6.93. The van der Waals surface area contributed by atoms with Crippen LogP contribution in [-0.2, 0) is 16.0 Å². The number of Topliss-reactive ketones (excluding diaryl/α,β-unsaturated/α-hetero) is 1. The van der Waals surface area contributed by atoms with Crippen LogP contribution < -0.4 is 0 Å². The molecule has 1 atom stereocenters. The number of ether oxygens (including phenoxy) is 1. The fraction of sp³-hybridized carbons (Fsp3) is 0.667. The molecule has 1 unspecified atom stereocenters. The van der Waals surface area contributed by atoms with Gasteiger partial charge in [0.05, 0.1) is 12.8 Å². The highest BCUT2D eigenvalue weighted by Crippen LogP contribution is 2.39. The standard InChI is InChI=1S/C18H27NO3S2/c1-22-18(21)9-5-2-6-14-10-11-16(19-14)17(20)8-4-3-7-15-12-13-23-24-15/h10-11,15,19H,2-9,12-13H2,1H3.